The number of para-hydroxylation sites is 1. The summed E-state index contributed by atoms with van der Waals surface area (Å²) in [6.07, 6.45) is 0. The first-order valence-corrected chi connectivity index (χ1v) is 22.3. The lowest BCUT2D eigenvalue weighted by atomic mass is 9.95. The number of fused-ring (bicyclic) bond motifs is 6. The molecule has 0 aliphatic heterocycles. The second-order valence-corrected chi connectivity index (χ2v) is 17.2. The summed E-state index contributed by atoms with van der Waals surface area (Å²) >= 11 is 1.87. The Morgan fingerprint density at radius 2 is 0.825 bits per heavy atom. The zero-order valence-corrected chi connectivity index (χ0v) is 35.2. The molecular weight excluding hydrogens is 781 g/mol. The molecule has 12 aromatic rings. The zero-order chi connectivity index (χ0) is 41.7. The van der Waals surface area contributed by atoms with Crippen molar-refractivity contribution in [1.82, 2.24) is 4.57 Å². The number of rotatable bonds is 8. The molecule has 2 nitrogen and oxygen atoms in total. The molecule has 0 saturated heterocycles. The van der Waals surface area contributed by atoms with Gasteiger partial charge in [-0.15, -0.1) is 11.3 Å². The maximum Gasteiger partial charge on any atom is 0.0547 e. The van der Waals surface area contributed by atoms with Crippen molar-refractivity contribution in [2.24, 2.45) is 0 Å². The largest absolute Gasteiger partial charge is 0.310 e. The summed E-state index contributed by atoms with van der Waals surface area (Å²) in [5, 5.41) is 5.15. The van der Waals surface area contributed by atoms with Gasteiger partial charge in [0, 0.05) is 53.7 Å². The molecule has 0 amide bonds. The monoisotopic (exact) mass is 820 g/mol. The Kier molecular flexibility index (Phi) is 9.06. The van der Waals surface area contributed by atoms with E-state index in [0.29, 0.717) is 0 Å². The molecule has 2 aromatic heterocycles. The van der Waals surface area contributed by atoms with Gasteiger partial charge in [0.05, 0.1) is 11.0 Å². The summed E-state index contributed by atoms with van der Waals surface area (Å²) in [6.45, 7) is 0. The number of benzene rings is 10. The van der Waals surface area contributed by atoms with Crippen molar-refractivity contribution in [3.63, 3.8) is 0 Å². The number of hydrogen-bond acceptors (Lipinski definition) is 2. The Bertz CT molecular complexity index is 3520. The van der Waals surface area contributed by atoms with Crippen molar-refractivity contribution in [2.75, 3.05) is 4.90 Å². The highest BCUT2D eigenvalue weighted by Gasteiger charge is 2.19. The van der Waals surface area contributed by atoms with Gasteiger partial charge in [0.1, 0.15) is 0 Å². The van der Waals surface area contributed by atoms with Gasteiger partial charge in [0.15, 0.2) is 0 Å². The summed E-state index contributed by atoms with van der Waals surface area (Å²) in [5.41, 5.74) is 16.4. The van der Waals surface area contributed by atoms with Gasteiger partial charge >= 0.3 is 0 Å². The minimum atomic E-state index is 1.10. The van der Waals surface area contributed by atoms with E-state index in [9.17, 15) is 0 Å². The van der Waals surface area contributed by atoms with Crippen molar-refractivity contribution in [2.45, 2.75) is 0 Å². The van der Waals surface area contributed by atoms with E-state index in [0.717, 1.165) is 22.6 Å². The van der Waals surface area contributed by atoms with Gasteiger partial charge < -0.3 is 9.47 Å². The molecule has 0 N–H and O–H groups in total. The van der Waals surface area contributed by atoms with Crippen LogP contribution in [0.25, 0.3) is 92.2 Å². The van der Waals surface area contributed by atoms with E-state index in [1.165, 1.54) is 86.6 Å². The van der Waals surface area contributed by atoms with Crippen LogP contribution in [0.5, 0.6) is 0 Å². The first kappa shape index (κ1) is 36.8. The Hall–Kier alpha value is -7.98. The van der Waals surface area contributed by atoms with Gasteiger partial charge in [0.2, 0.25) is 0 Å². The van der Waals surface area contributed by atoms with E-state index in [2.05, 4.69) is 252 Å². The molecule has 2 heterocycles. The molecule has 3 heteroatoms. The van der Waals surface area contributed by atoms with Crippen molar-refractivity contribution in [3.8, 4) is 50.2 Å². The van der Waals surface area contributed by atoms with Gasteiger partial charge in [-0.3, -0.25) is 0 Å². The van der Waals surface area contributed by atoms with Crippen molar-refractivity contribution >= 4 is 70.4 Å². The van der Waals surface area contributed by atoms with E-state index in [4.69, 9.17) is 0 Å². The second kappa shape index (κ2) is 15.5. The number of nitrogens with zero attached hydrogens (tertiary/aromatic N) is 2. The summed E-state index contributed by atoms with van der Waals surface area (Å²) in [7, 11) is 0. The first-order chi connectivity index (χ1) is 31.2. The molecule has 0 aliphatic rings. The van der Waals surface area contributed by atoms with Crippen molar-refractivity contribution in [1.29, 1.82) is 0 Å². The minimum Gasteiger partial charge on any atom is -0.310 e. The minimum absolute atomic E-state index is 1.10. The van der Waals surface area contributed by atoms with Crippen LogP contribution in [-0.4, -0.2) is 4.57 Å². The molecule has 10 aromatic carbocycles. The summed E-state index contributed by atoms with van der Waals surface area (Å²) in [5.74, 6) is 0. The van der Waals surface area contributed by atoms with Crippen molar-refractivity contribution in [3.05, 3.63) is 243 Å². The number of anilines is 3. The van der Waals surface area contributed by atoms with E-state index in [1.54, 1.807) is 0 Å². The molecule has 63 heavy (non-hydrogen) atoms. The van der Waals surface area contributed by atoms with E-state index >= 15 is 0 Å². The fourth-order valence-electron chi connectivity index (χ4n) is 9.40. The average molecular weight is 821 g/mol. The highest BCUT2D eigenvalue weighted by molar-refractivity contribution is 7.25. The highest BCUT2D eigenvalue weighted by atomic mass is 32.1. The van der Waals surface area contributed by atoms with Gasteiger partial charge in [0.25, 0.3) is 0 Å². The third-order valence-corrected chi connectivity index (χ3v) is 13.5. The van der Waals surface area contributed by atoms with Gasteiger partial charge in [-0.05, 0) is 117 Å². The van der Waals surface area contributed by atoms with Gasteiger partial charge in [-0.25, -0.2) is 0 Å². The van der Waals surface area contributed by atoms with Crippen LogP contribution in [0.1, 0.15) is 0 Å². The lowest BCUT2D eigenvalue weighted by Crippen LogP contribution is -2.10. The molecule has 12 rings (SSSR count). The van der Waals surface area contributed by atoms with Crippen LogP contribution < -0.4 is 4.90 Å². The summed E-state index contributed by atoms with van der Waals surface area (Å²) in [4.78, 5) is 2.36. The molecule has 0 spiro atoms. The van der Waals surface area contributed by atoms with Gasteiger partial charge in [-0.2, -0.15) is 0 Å². The highest BCUT2D eigenvalue weighted by Crippen LogP contribution is 2.43. The topological polar surface area (TPSA) is 8.17 Å². The smallest absolute Gasteiger partial charge is 0.0547 e. The zero-order valence-electron chi connectivity index (χ0n) is 34.4. The number of thiophene rings is 1. The van der Waals surface area contributed by atoms with Crippen LogP contribution >= 0.6 is 11.3 Å². The molecule has 0 bridgehead atoms. The average Bonchev–Trinajstić information content (AvgIpc) is 3.91. The fourth-order valence-corrected chi connectivity index (χ4v) is 10.5. The van der Waals surface area contributed by atoms with Crippen molar-refractivity contribution < 1.29 is 0 Å². The van der Waals surface area contributed by atoms with Gasteiger partial charge in [-0.1, -0.05) is 170 Å². The standard InChI is InChI=1S/C60H40N2S/c1-3-14-41(15-4-1)43-28-32-48(33-29-43)61(49-34-30-44(31-35-49)42-16-5-2-6-17-42)50-21-12-19-46(39-50)45-18-11-20-47(38-45)52-24-13-26-57-60(52)55-23-7-9-25-56(55)62(57)51-36-37-54-53-22-8-10-27-58(53)63-59(54)40-51/h1-40H. The summed E-state index contributed by atoms with van der Waals surface area (Å²) in [6, 6.07) is 88.3. The Balaban J connectivity index is 0.949. The van der Waals surface area contributed by atoms with E-state index in [1.807, 2.05) is 11.3 Å². The summed E-state index contributed by atoms with van der Waals surface area (Å²) < 4.78 is 5.07. The van der Waals surface area contributed by atoms with Crippen LogP contribution in [0.2, 0.25) is 0 Å². The molecule has 0 aliphatic carbocycles. The predicted molar refractivity (Wildman–Crippen MR) is 270 cm³/mol. The number of hydrogen-bond donors (Lipinski definition) is 0. The van der Waals surface area contributed by atoms with Crippen LogP contribution in [0.4, 0.5) is 17.1 Å². The van der Waals surface area contributed by atoms with Crippen LogP contribution in [0.15, 0.2) is 243 Å². The van der Waals surface area contributed by atoms with Crippen LogP contribution in [0, 0.1) is 0 Å². The lowest BCUT2D eigenvalue weighted by Gasteiger charge is -2.26. The van der Waals surface area contributed by atoms with E-state index in [-0.39, 0.29) is 0 Å². The Labute approximate surface area is 370 Å². The molecule has 0 atom stereocenters. The normalized spacial score (nSPS) is 11.5. The number of aromatic nitrogens is 1. The molecule has 0 saturated carbocycles. The first-order valence-electron chi connectivity index (χ1n) is 21.5. The van der Waals surface area contributed by atoms with E-state index < -0.39 is 0 Å². The molecule has 0 unspecified atom stereocenters. The molecular formula is C60H40N2S. The second-order valence-electron chi connectivity index (χ2n) is 16.1. The SMILES string of the molecule is c1ccc(-c2ccc(N(c3ccc(-c4ccccc4)cc3)c3cccc(-c4cccc(-c5cccc6c5c5ccccc5n6-c5ccc6c(c5)sc5ccccc56)c4)c3)cc2)cc1. The molecule has 296 valence electrons. The predicted octanol–water partition coefficient (Wildman–Crippen LogP) is 17.3. The lowest BCUT2D eigenvalue weighted by molar-refractivity contribution is 1.19. The third kappa shape index (κ3) is 6.58. The van der Waals surface area contributed by atoms with Crippen LogP contribution in [-0.2, 0) is 0 Å². The molecule has 0 radical (unpaired) electrons. The van der Waals surface area contributed by atoms with Crippen LogP contribution in [0.3, 0.4) is 0 Å². The maximum atomic E-state index is 2.44. The molecule has 0 fully saturated rings. The quantitative estimate of drug-likeness (QED) is 0.148. The Morgan fingerprint density at radius 1 is 0.302 bits per heavy atom. The maximum absolute atomic E-state index is 2.44. The third-order valence-electron chi connectivity index (χ3n) is 12.4. The fraction of sp³-hybridized carbons (Fsp3) is 0. The Morgan fingerprint density at radius 3 is 1.54 bits per heavy atom.